The minimum atomic E-state index is -0.566. The van der Waals surface area contributed by atoms with Crippen molar-refractivity contribution in [3.8, 4) is 0 Å². The number of anilines is 1. The molecule has 10 heteroatoms. The molecule has 2 amide bonds. The van der Waals surface area contributed by atoms with E-state index in [-0.39, 0.29) is 40.6 Å². The van der Waals surface area contributed by atoms with Gasteiger partial charge in [0.2, 0.25) is 12.3 Å². The van der Waals surface area contributed by atoms with Crippen molar-refractivity contribution in [1.82, 2.24) is 21.5 Å². The maximum Gasteiger partial charge on any atom is 0.254 e. The van der Waals surface area contributed by atoms with E-state index in [1.807, 2.05) is 38.1 Å². The zero-order chi connectivity index (χ0) is 19.7. The molecule has 8 nitrogen and oxygen atoms in total. The number of ether oxygens (including phenoxy) is 1. The highest BCUT2D eigenvalue weighted by Crippen LogP contribution is 2.38. The van der Waals surface area contributed by atoms with Crippen LogP contribution in [0.5, 0.6) is 0 Å². The number of para-hydroxylation sites is 1. The molecule has 5 unspecified atom stereocenters. The third kappa shape index (κ3) is 4.25. The quantitative estimate of drug-likeness (QED) is 0.482. The second-order valence-electron chi connectivity index (χ2n) is 7.31. The van der Waals surface area contributed by atoms with E-state index in [9.17, 15) is 9.59 Å². The summed E-state index contributed by atoms with van der Waals surface area (Å²) in [6.07, 6.45) is 0.00923. The highest BCUT2D eigenvalue weighted by molar-refractivity contribution is 8.01. The Morgan fingerprint density at radius 2 is 2.00 bits per heavy atom. The van der Waals surface area contributed by atoms with Crippen molar-refractivity contribution in [1.29, 1.82) is 0 Å². The van der Waals surface area contributed by atoms with Gasteiger partial charge in [-0.3, -0.25) is 9.59 Å². The largest absolute Gasteiger partial charge is 0.364 e. The third-order valence-corrected chi connectivity index (χ3v) is 7.34. The molecule has 0 aliphatic carbocycles. The number of carbonyl (C=O) groups is 2. The van der Waals surface area contributed by atoms with Gasteiger partial charge in [0.05, 0.1) is 11.3 Å². The summed E-state index contributed by atoms with van der Waals surface area (Å²) < 4.78 is 5.72. The standard InChI is InChI=1S/C18H25N5O3S2/c1-9(2)15-22-23-18(26-15)21-13(24)10-7-8-27-16(10)20-14(25)17-19-11-5-3-4-6-12(11)28-17/h3-6,9-10,15-19,22-23H,7-8H2,1-2H3,(H,20,25)(H,21,24). The molecular weight excluding hydrogens is 398 g/mol. The lowest BCUT2D eigenvalue weighted by Crippen LogP contribution is -2.51. The average molecular weight is 424 g/mol. The van der Waals surface area contributed by atoms with E-state index >= 15 is 0 Å². The Balaban J connectivity index is 1.30. The number of carbonyl (C=O) groups excluding carboxylic acids is 2. The smallest absolute Gasteiger partial charge is 0.254 e. The summed E-state index contributed by atoms with van der Waals surface area (Å²) in [5, 5.41) is 8.52. The molecule has 0 radical (unpaired) electrons. The normalized spacial score (nSPS) is 31.5. The number of benzene rings is 1. The lowest BCUT2D eigenvalue weighted by atomic mass is 10.1. The molecule has 0 aromatic heterocycles. The van der Waals surface area contributed by atoms with Crippen LogP contribution in [0.25, 0.3) is 0 Å². The Morgan fingerprint density at radius 3 is 2.75 bits per heavy atom. The predicted octanol–water partition coefficient (Wildman–Crippen LogP) is 1.23. The van der Waals surface area contributed by atoms with Gasteiger partial charge in [0, 0.05) is 10.6 Å². The van der Waals surface area contributed by atoms with E-state index in [4.69, 9.17) is 4.74 Å². The summed E-state index contributed by atoms with van der Waals surface area (Å²) in [5.41, 5.74) is 6.93. The summed E-state index contributed by atoms with van der Waals surface area (Å²) >= 11 is 3.10. The van der Waals surface area contributed by atoms with Gasteiger partial charge in [-0.25, -0.2) is 10.9 Å². The number of fused-ring (bicyclic) bond motifs is 1. The zero-order valence-corrected chi connectivity index (χ0v) is 17.4. The van der Waals surface area contributed by atoms with Crippen molar-refractivity contribution in [2.45, 2.75) is 48.5 Å². The fraction of sp³-hybridized carbons (Fsp3) is 0.556. The predicted molar refractivity (Wildman–Crippen MR) is 110 cm³/mol. The Kier molecular flexibility index (Phi) is 6.02. The van der Waals surface area contributed by atoms with Crippen LogP contribution < -0.4 is 26.8 Å². The van der Waals surface area contributed by atoms with Crippen LogP contribution in [0.3, 0.4) is 0 Å². The van der Waals surface area contributed by atoms with E-state index in [0.29, 0.717) is 0 Å². The number of rotatable bonds is 5. The highest BCUT2D eigenvalue weighted by atomic mass is 32.2. The maximum absolute atomic E-state index is 12.7. The van der Waals surface area contributed by atoms with E-state index in [1.165, 1.54) is 11.8 Å². The van der Waals surface area contributed by atoms with Crippen molar-refractivity contribution in [2.24, 2.45) is 11.8 Å². The van der Waals surface area contributed by atoms with Crippen molar-refractivity contribution in [3.05, 3.63) is 24.3 Å². The van der Waals surface area contributed by atoms with Gasteiger partial charge >= 0.3 is 0 Å². The first-order valence-electron chi connectivity index (χ1n) is 9.42. The molecule has 1 aromatic rings. The summed E-state index contributed by atoms with van der Waals surface area (Å²) in [6, 6.07) is 7.85. The van der Waals surface area contributed by atoms with Crippen LogP contribution in [0.15, 0.2) is 29.2 Å². The summed E-state index contributed by atoms with van der Waals surface area (Å²) in [4.78, 5) is 26.5. The molecule has 0 bridgehead atoms. The molecule has 1 aromatic carbocycles. The van der Waals surface area contributed by atoms with Gasteiger partial charge in [-0.1, -0.05) is 37.7 Å². The van der Waals surface area contributed by atoms with Crippen molar-refractivity contribution in [3.63, 3.8) is 0 Å². The lowest BCUT2D eigenvalue weighted by Gasteiger charge is -2.23. The van der Waals surface area contributed by atoms with Crippen LogP contribution in [0.2, 0.25) is 0 Å². The molecule has 3 heterocycles. The van der Waals surface area contributed by atoms with E-state index in [0.717, 1.165) is 22.8 Å². The minimum absolute atomic E-state index is 0.102. The summed E-state index contributed by atoms with van der Waals surface area (Å²) in [6.45, 7) is 4.08. The number of nitrogens with one attached hydrogen (secondary N) is 5. The van der Waals surface area contributed by atoms with Crippen LogP contribution in [-0.4, -0.2) is 40.9 Å². The third-order valence-electron chi connectivity index (χ3n) is 4.89. The van der Waals surface area contributed by atoms with Gasteiger partial charge in [0.25, 0.3) is 5.91 Å². The van der Waals surface area contributed by atoms with Gasteiger partial charge in [-0.05, 0) is 30.2 Å². The topological polar surface area (TPSA) is 104 Å². The molecule has 5 atom stereocenters. The molecule has 2 saturated heterocycles. The molecular formula is C18H25N5O3S2. The first-order valence-corrected chi connectivity index (χ1v) is 11.3. The zero-order valence-electron chi connectivity index (χ0n) is 15.7. The second kappa shape index (κ2) is 8.50. The minimum Gasteiger partial charge on any atom is -0.364 e. The maximum atomic E-state index is 12.7. The molecule has 28 heavy (non-hydrogen) atoms. The summed E-state index contributed by atoms with van der Waals surface area (Å²) in [5.74, 6) is 0.611. The number of thioether (sulfide) groups is 2. The second-order valence-corrected chi connectivity index (χ2v) is 9.71. The Hall–Kier alpha value is -1.46. The first-order chi connectivity index (χ1) is 13.5. The van der Waals surface area contributed by atoms with Gasteiger partial charge < -0.3 is 20.7 Å². The number of amides is 2. The molecule has 4 rings (SSSR count). The van der Waals surface area contributed by atoms with Crippen LogP contribution in [0.4, 0.5) is 5.69 Å². The van der Waals surface area contributed by atoms with Crippen LogP contribution in [0.1, 0.15) is 20.3 Å². The lowest BCUT2D eigenvalue weighted by molar-refractivity contribution is -0.130. The number of hydrogen-bond acceptors (Lipinski definition) is 8. The Labute approximate surface area is 172 Å². The van der Waals surface area contributed by atoms with Crippen molar-refractivity contribution >= 4 is 41.0 Å². The molecule has 152 valence electrons. The van der Waals surface area contributed by atoms with Gasteiger partial charge in [0.15, 0.2) is 5.37 Å². The van der Waals surface area contributed by atoms with Gasteiger partial charge in [-0.2, -0.15) is 0 Å². The van der Waals surface area contributed by atoms with E-state index in [2.05, 4.69) is 26.8 Å². The fourth-order valence-electron chi connectivity index (χ4n) is 3.32. The van der Waals surface area contributed by atoms with Crippen molar-refractivity contribution < 1.29 is 14.3 Å². The van der Waals surface area contributed by atoms with Crippen LogP contribution >= 0.6 is 23.5 Å². The molecule has 0 saturated carbocycles. The van der Waals surface area contributed by atoms with Gasteiger partial charge in [-0.15, -0.1) is 11.8 Å². The molecule has 2 fully saturated rings. The number of hydrazine groups is 1. The Morgan fingerprint density at radius 1 is 1.18 bits per heavy atom. The monoisotopic (exact) mass is 423 g/mol. The average Bonchev–Trinajstić information content (AvgIpc) is 3.40. The van der Waals surface area contributed by atoms with Gasteiger partial charge in [0.1, 0.15) is 6.23 Å². The summed E-state index contributed by atoms with van der Waals surface area (Å²) in [7, 11) is 0. The molecule has 0 spiro atoms. The van der Waals surface area contributed by atoms with Crippen LogP contribution in [0, 0.1) is 11.8 Å². The fourth-order valence-corrected chi connectivity index (χ4v) is 5.69. The molecule has 3 aliphatic heterocycles. The van der Waals surface area contributed by atoms with E-state index in [1.54, 1.807) is 11.8 Å². The Bertz CT molecular complexity index is 725. The molecule has 3 aliphatic rings. The first kappa shape index (κ1) is 19.8. The van der Waals surface area contributed by atoms with Crippen LogP contribution in [-0.2, 0) is 14.3 Å². The van der Waals surface area contributed by atoms with Crippen molar-refractivity contribution in [2.75, 3.05) is 11.1 Å². The highest BCUT2D eigenvalue weighted by Gasteiger charge is 2.39. The molecule has 5 N–H and O–H groups in total. The SMILES string of the molecule is CC(C)C1NNC(NC(=O)C2CCSC2NC(=O)C2Nc3ccccc3S2)O1. The number of hydrogen-bond donors (Lipinski definition) is 5. The van der Waals surface area contributed by atoms with E-state index < -0.39 is 6.35 Å².